The summed E-state index contributed by atoms with van der Waals surface area (Å²) in [6.07, 6.45) is 0.406. The summed E-state index contributed by atoms with van der Waals surface area (Å²) in [7, 11) is 1.32. The molecule has 6 nitrogen and oxygen atoms in total. The van der Waals surface area contributed by atoms with Crippen molar-refractivity contribution in [3.8, 4) is 5.75 Å². The molecule has 1 N–H and O–H groups in total. The summed E-state index contributed by atoms with van der Waals surface area (Å²) in [5, 5.41) is 2.96. The van der Waals surface area contributed by atoms with Gasteiger partial charge in [0.1, 0.15) is 17.8 Å². The minimum Gasteiger partial charge on any atom is -0.494 e. The van der Waals surface area contributed by atoms with E-state index in [0.717, 1.165) is 11.3 Å². The Kier molecular flexibility index (Phi) is 8.11. The zero-order chi connectivity index (χ0) is 17.2. The summed E-state index contributed by atoms with van der Waals surface area (Å²) >= 11 is 0. The smallest absolute Gasteiger partial charge is 0.323 e. The molecular formula is C17H25NO5. The van der Waals surface area contributed by atoms with Crippen molar-refractivity contribution < 1.29 is 23.8 Å². The average molecular weight is 323 g/mol. The monoisotopic (exact) mass is 323 g/mol. The van der Waals surface area contributed by atoms with E-state index in [1.807, 2.05) is 31.2 Å². The topological polar surface area (TPSA) is 73.9 Å². The molecule has 6 heteroatoms. The molecule has 0 saturated heterocycles. The van der Waals surface area contributed by atoms with Crippen molar-refractivity contribution in [3.05, 3.63) is 29.8 Å². The molecule has 0 radical (unpaired) electrons. The van der Waals surface area contributed by atoms with Gasteiger partial charge in [0.15, 0.2) is 0 Å². The molecule has 0 aliphatic carbocycles. The largest absolute Gasteiger partial charge is 0.494 e. The summed E-state index contributed by atoms with van der Waals surface area (Å²) in [4.78, 5) is 23.6. The highest BCUT2D eigenvalue weighted by molar-refractivity contribution is 5.79. The third kappa shape index (κ3) is 6.28. The fraction of sp³-hybridized carbons (Fsp3) is 0.529. The van der Waals surface area contributed by atoms with E-state index in [9.17, 15) is 9.59 Å². The first-order chi connectivity index (χ1) is 11.0. The molecule has 0 aromatic heterocycles. The number of hydrogen-bond donors (Lipinski definition) is 1. The maximum absolute atomic E-state index is 11.9. The van der Waals surface area contributed by atoms with Gasteiger partial charge in [0.2, 0.25) is 0 Å². The Morgan fingerprint density at radius 2 is 1.74 bits per heavy atom. The minimum atomic E-state index is -0.627. The number of carbonyl (C=O) groups is 2. The molecule has 0 heterocycles. The average Bonchev–Trinajstić information content (AvgIpc) is 2.55. The summed E-state index contributed by atoms with van der Waals surface area (Å²) in [6.45, 7) is 6.21. The predicted molar refractivity (Wildman–Crippen MR) is 86.3 cm³/mol. The third-order valence-corrected chi connectivity index (χ3v) is 3.25. The van der Waals surface area contributed by atoms with Crippen LogP contribution < -0.4 is 10.1 Å². The van der Waals surface area contributed by atoms with E-state index >= 15 is 0 Å². The van der Waals surface area contributed by atoms with Gasteiger partial charge >= 0.3 is 11.9 Å². The maximum atomic E-state index is 11.9. The molecule has 0 aliphatic heterocycles. The van der Waals surface area contributed by atoms with E-state index in [1.54, 1.807) is 13.8 Å². The Balaban J connectivity index is 2.74. The lowest BCUT2D eigenvalue weighted by atomic mass is 10.0. The van der Waals surface area contributed by atoms with Crippen molar-refractivity contribution in [1.29, 1.82) is 0 Å². The molecule has 23 heavy (non-hydrogen) atoms. The van der Waals surface area contributed by atoms with Gasteiger partial charge in [-0.1, -0.05) is 12.1 Å². The van der Waals surface area contributed by atoms with Crippen LogP contribution in [0.1, 0.15) is 26.3 Å². The maximum Gasteiger partial charge on any atom is 0.323 e. The van der Waals surface area contributed by atoms with Crippen LogP contribution in [0.15, 0.2) is 24.3 Å². The SMILES string of the molecule is CCOC(=O)[C@H](C)NC(Cc1ccc(OCC)cc1)C(=O)OC. The standard InChI is InChI=1S/C17H25NO5/c1-5-22-14-9-7-13(8-10-14)11-15(17(20)21-4)18-12(3)16(19)23-6-2/h7-10,12,15,18H,5-6,11H2,1-4H3/t12-,15?/m0/s1. The van der Waals surface area contributed by atoms with Crippen LogP contribution in [0.5, 0.6) is 5.75 Å². The second kappa shape index (κ2) is 9.84. The van der Waals surface area contributed by atoms with Crippen LogP contribution in [0, 0.1) is 0 Å². The zero-order valence-electron chi connectivity index (χ0n) is 14.1. The van der Waals surface area contributed by atoms with E-state index in [0.29, 0.717) is 19.6 Å². The van der Waals surface area contributed by atoms with E-state index in [1.165, 1.54) is 7.11 Å². The number of benzene rings is 1. The molecule has 1 aromatic rings. The second-order valence-corrected chi connectivity index (χ2v) is 5.00. The fourth-order valence-corrected chi connectivity index (χ4v) is 2.11. The van der Waals surface area contributed by atoms with E-state index in [-0.39, 0.29) is 0 Å². The number of ether oxygens (including phenoxy) is 3. The van der Waals surface area contributed by atoms with Gasteiger partial charge in [-0.2, -0.15) is 0 Å². The van der Waals surface area contributed by atoms with E-state index in [4.69, 9.17) is 14.2 Å². The van der Waals surface area contributed by atoms with Crippen molar-refractivity contribution in [2.75, 3.05) is 20.3 Å². The molecule has 0 bridgehead atoms. The lowest BCUT2D eigenvalue weighted by Crippen LogP contribution is -2.47. The highest BCUT2D eigenvalue weighted by Gasteiger charge is 2.25. The van der Waals surface area contributed by atoms with Gasteiger partial charge in [-0.15, -0.1) is 0 Å². The van der Waals surface area contributed by atoms with Crippen LogP contribution in [0.3, 0.4) is 0 Å². The number of nitrogens with one attached hydrogen (secondary N) is 1. The molecule has 1 aromatic carbocycles. The Labute approximate surface area is 137 Å². The van der Waals surface area contributed by atoms with Gasteiger partial charge in [0, 0.05) is 0 Å². The number of esters is 2. The highest BCUT2D eigenvalue weighted by Crippen LogP contribution is 2.14. The number of hydrogen-bond acceptors (Lipinski definition) is 6. The van der Waals surface area contributed by atoms with Crippen molar-refractivity contribution in [2.45, 2.75) is 39.3 Å². The van der Waals surface area contributed by atoms with Gasteiger partial charge in [-0.05, 0) is 44.9 Å². The van der Waals surface area contributed by atoms with E-state index in [2.05, 4.69) is 5.32 Å². The summed E-state index contributed by atoms with van der Waals surface area (Å²) in [5.74, 6) is -0.0400. The first kappa shape index (κ1) is 19.0. The van der Waals surface area contributed by atoms with Crippen molar-refractivity contribution in [3.63, 3.8) is 0 Å². The quantitative estimate of drug-likeness (QED) is 0.698. The van der Waals surface area contributed by atoms with Crippen LogP contribution in [-0.2, 0) is 25.5 Å². The molecule has 1 rings (SSSR count). The van der Waals surface area contributed by atoms with Crippen LogP contribution in [0.4, 0.5) is 0 Å². The Hall–Kier alpha value is -2.08. The normalized spacial score (nSPS) is 13.0. The first-order valence-electron chi connectivity index (χ1n) is 7.74. The number of methoxy groups -OCH3 is 1. The molecule has 0 saturated carbocycles. The minimum absolute atomic E-state index is 0.298. The molecule has 2 atom stereocenters. The third-order valence-electron chi connectivity index (χ3n) is 3.25. The van der Waals surface area contributed by atoms with Crippen LogP contribution in [0.2, 0.25) is 0 Å². The zero-order valence-corrected chi connectivity index (χ0v) is 14.1. The van der Waals surface area contributed by atoms with Crippen LogP contribution >= 0.6 is 0 Å². The Bertz CT molecular complexity index is 500. The molecular weight excluding hydrogens is 298 g/mol. The van der Waals surface area contributed by atoms with Crippen LogP contribution in [0.25, 0.3) is 0 Å². The van der Waals surface area contributed by atoms with Crippen molar-refractivity contribution >= 4 is 11.9 Å². The van der Waals surface area contributed by atoms with Gasteiger partial charge in [0.25, 0.3) is 0 Å². The first-order valence-corrected chi connectivity index (χ1v) is 7.74. The number of carbonyl (C=O) groups excluding carboxylic acids is 2. The fourth-order valence-electron chi connectivity index (χ4n) is 2.11. The Morgan fingerprint density at radius 1 is 1.09 bits per heavy atom. The van der Waals surface area contributed by atoms with Crippen LogP contribution in [-0.4, -0.2) is 44.3 Å². The van der Waals surface area contributed by atoms with Crippen molar-refractivity contribution in [2.24, 2.45) is 0 Å². The predicted octanol–water partition coefficient (Wildman–Crippen LogP) is 1.71. The van der Waals surface area contributed by atoms with Crippen molar-refractivity contribution in [1.82, 2.24) is 5.32 Å². The lowest BCUT2D eigenvalue weighted by Gasteiger charge is -2.20. The van der Waals surface area contributed by atoms with Gasteiger partial charge in [-0.3, -0.25) is 14.9 Å². The molecule has 0 fully saturated rings. The summed E-state index contributed by atoms with van der Waals surface area (Å²) in [6, 6.07) is 6.25. The highest BCUT2D eigenvalue weighted by atomic mass is 16.5. The molecule has 0 amide bonds. The molecule has 0 aliphatic rings. The van der Waals surface area contributed by atoms with Gasteiger partial charge < -0.3 is 14.2 Å². The summed E-state index contributed by atoms with van der Waals surface area (Å²) < 4.78 is 15.1. The molecule has 0 spiro atoms. The number of rotatable bonds is 9. The Morgan fingerprint density at radius 3 is 2.26 bits per heavy atom. The van der Waals surface area contributed by atoms with Gasteiger partial charge in [0.05, 0.1) is 20.3 Å². The lowest BCUT2D eigenvalue weighted by molar-refractivity contribution is -0.147. The molecule has 1 unspecified atom stereocenters. The van der Waals surface area contributed by atoms with Gasteiger partial charge in [-0.25, -0.2) is 0 Å². The van der Waals surface area contributed by atoms with E-state index < -0.39 is 24.0 Å². The molecule has 128 valence electrons. The summed E-state index contributed by atoms with van der Waals surface area (Å²) in [5.41, 5.74) is 0.937. The second-order valence-electron chi connectivity index (χ2n) is 5.00.